The normalized spacial score (nSPS) is 14.6. The molecule has 3 N–H and O–H groups in total. The van der Waals surface area contributed by atoms with E-state index in [1.807, 2.05) is 0 Å². The molecule has 0 aliphatic heterocycles. The number of carbonyl (C=O) groups is 4. The Balaban J connectivity index is 5.18. The molecule has 0 fully saturated rings. The molecule has 0 amide bonds. The van der Waals surface area contributed by atoms with Gasteiger partial charge in [-0.05, 0) is 31.6 Å². The van der Waals surface area contributed by atoms with Crippen molar-refractivity contribution in [1.82, 2.24) is 0 Å². The maximum Gasteiger partial charge on any atom is 0.472 e. The van der Waals surface area contributed by atoms with Gasteiger partial charge < -0.3 is 33.8 Å². The van der Waals surface area contributed by atoms with Crippen molar-refractivity contribution in [2.24, 2.45) is 5.92 Å². The largest absolute Gasteiger partial charge is 0.472 e. The highest BCUT2D eigenvalue weighted by atomic mass is 31.2. The van der Waals surface area contributed by atoms with E-state index in [0.29, 0.717) is 31.6 Å². The standard InChI is InChI=1S/C52H100O17P2/c1-6-9-12-15-17-18-22-26-31-36-50(55)63-42-48(69-52(57)38-33-28-23-19-21-25-29-34-45(4)5)44-67-71(60,61)65-40-46(53)39-64-70(58,59)66-43-47(41-62-49(54)35-30-24-14-11-8-3)68-51(56)37-32-27-20-16-13-10-7-2/h45-48,53H,6-44H2,1-5H3,(H,58,59)(H,60,61)/t46-,47+,48+/m0/s1. The number of carbonyl (C=O) groups excluding carboxylic acids is 4. The lowest BCUT2D eigenvalue weighted by molar-refractivity contribution is -0.161. The first kappa shape index (κ1) is 69.1. The lowest BCUT2D eigenvalue weighted by Gasteiger charge is -2.21. The summed E-state index contributed by atoms with van der Waals surface area (Å²) in [7, 11) is -9.85. The maximum absolute atomic E-state index is 12.8. The molecular weight excluding hydrogens is 959 g/mol. The zero-order chi connectivity index (χ0) is 52.9. The summed E-state index contributed by atoms with van der Waals surface area (Å²) in [4.78, 5) is 71.2. The summed E-state index contributed by atoms with van der Waals surface area (Å²) < 4.78 is 67.1. The van der Waals surface area contributed by atoms with Crippen LogP contribution in [0.2, 0.25) is 0 Å². The number of unbranched alkanes of at least 4 members (excludes halogenated alkanes) is 24. The first-order valence-corrected chi connectivity index (χ1v) is 30.6. The lowest BCUT2D eigenvalue weighted by Crippen LogP contribution is -2.30. The van der Waals surface area contributed by atoms with Crippen LogP contribution >= 0.6 is 15.6 Å². The molecule has 0 rings (SSSR count). The molecule has 0 bridgehead atoms. The molecule has 420 valence electrons. The number of rotatable bonds is 52. The van der Waals surface area contributed by atoms with Crippen molar-refractivity contribution in [2.75, 3.05) is 39.6 Å². The van der Waals surface area contributed by atoms with E-state index in [1.165, 1.54) is 51.4 Å². The van der Waals surface area contributed by atoms with Crippen molar-refractivity contribution in [3.63, 3.8) is 0 Å². The van der Waals surface area contributed by atoms with Crippen molar-refractivity contribution >= 4 is 39.5 Å². The second-order valence-electron chi connectivity index (χ2n) is 19.4. The monoisotopic (exact) mass is 1060 g/mol. The van der Waals surface area contributed by atoms with Crippen LogP contribution < -0.4 is 0 Å². The summed E-state index contributed by atoms with van der Waals surface area (Å²) >= 11 is 0. The van der Waals surface area contributed by atoms with Crippen molar-refractivity contribution in [1.29, 1.82) is 0 Å². The third-order valence-corrected chi connectivity index (χ3v) is 13.7. The van der Waals surface area contributed by atoms with Crippen molar-refractivity contribution in [3.05, 3.63) is 0 Å². The summed E-state index contributed by atoms with van der Waals surface area (Å²) in [6.07, 6.45) is 25.8. The Labute approximate surface area is 428 Å². The minimum atomic E-state index is -4.93. The molecule has 19 heteroatoms. The predicted molar refractivity (Wildman–Crippen MR) is 275 cm³/mol. The molecule has 0 heterocycles. The maximum atomic E-state index is 12.8. The van der Waals surface area contributed by atoms with E-state index in [-0.39, 0.29) is 25.7 Å². The molecule has 0 spiro atoms. The molecule has 0 aromatic carbocycles. The fourth-order valence-electron chi connectivity index (χ4n) is 7.46. The molecule has 17 nitrogen and oxygen atoms in total. The Morgan fingerprint density at radius 3 is 0.958 bits per heavy atom. The summed E-state index contributed by atoms with van der Waals surface area (Å²) in [5.74, 6) is -1.47. The molecule has 71 heavy (non-hydrogen) atoms. The molecular formula is C52H100O17P2. The van der Waals surface area contributed by atoms with Gasteiger partial charge >= 0.3 is 39.5 Å². The van der Waals surface area contributed by atoms with Crippen LogP contribution in [0.15, 0.2) is 0 Å². The Morgan fingerprint density at radius 1 is 0.380 bits per heavy atom. The van der Waals surface area contributed by atoms with Gasteiger partial charge in [0.15, 0.2) is 12.2 Å². The van der Waals surface area contributed by atoms with Crippen LogP contribution in [-0.2, 0) is 65.4 Å². The molecule has 5 atom stereocenters. The second-order valence-corrected chi connectivity index (χ2v) is 22.3. The molecule has 2 unspecified atom stereocenters. The summed E-state index contributed by atoms with van der Waals surface area (Å²) in [6.45, 7) is 6.88. The molecule has 0 aromatic heterocycles. The van der Waals surface area contributed by atoms with E-state index in [2.05, 4.69) is 34.6 Å². The summed E-state index contributed by atoms with van der Waals surface area (Å²) in [5, 5.41) is 10.4. The summed E-state index contributed by atoms with van der Waals surface area (Å²) in [6, 6.07) is 0. The van der Waals surface area contributed by atoms with E-state index in [4.69, 9.17) is 37.0 Å². The van der Waals surface area contributed by atoms with Gasteiger partial charge in [0.05, 0.1) is 26.4 Å². The highest BCUT2D eigenvalue weighted by Crippen LogP contribution is 2.45. The third kappa shape index (κ3) is 47.5. The molecule has 0 aliphatic carbocycles. The van der Waals surface area contributed by atoms with Gasteiger partial charge in [-0.3, -0.25) is 37.3 Å². The van der Waals surface area contributed by atoms with Crippen molar-refractivity contribution in [2.45, 2.75) is 265 Å². The van der Waals surface area contributed by atoms with Gasteiger partial charge in [0, 0.05) is 25.7 Å². The number of phosphoric acid groups is 2. The van der Waals surface area contributed by atoms with Crippen LogP contribution in [-0.4, -0.2) is 96.7 Å². The SMILES string of the molecule is CCCCCCCCCCCC(=O)OC[C@H](COP(=O)(O)OC[C@@H](O)COP(=O)(O)OC[C@@H](COC(=O)CCCCCCC)OC(=O)CCCCCCCCC)OC(=O)CCCCCCCCCC(C)C. The van der Waals surface area contributed by atoms with E-state index in [9.17, 15) is 43.2 Å². The Bertz CT molecular complexity index is 1420. The Kier molecular flexibility index (Phi) is 45.3. The number of aliphatic hydroxyl groups is 1. The number of hydrogen-bond acceptors (Lipinski definition) is 15. The van der Waals surface area contributed by atoms with Gasteiger partial charge in [-0.1, -0.05) is 195 Å². The number of esters is 4. The van der Waals surface area contributed by atoms with Crippen LogP contribution in [0, 0.1) is 5.92 Å². The second kappa shape index (κ2) is 46.6. The van der Waals surface area contributed by atoms with Crippen LogP contribution in [0.3, 0.4) is 0 Å². The zero-order valence-electron chi connectivity index (χ0n) is 44.8. The van der Waals surface area contributed by atoms with Crippen LogP contribution in [0.1, 0.15) is 247 Å². The van der Waals surface area contributed by atoms with E-state index in [1.54, 1.807) is 0 Å². The smallest absolute Gasteiger partial charge is 0.462 e. The van der Waals surface area contributed by atoms with Gasteiger partial charge in [0.25, 0.3) is 0 Å². The highest BCUT2D eigenvalue weighted by molar-refractivity contribution is 7.47. The van der Waals surface area contributed by atoms with Gasteiger partial charge in [-0.25, -0.2) is 9.13 Å². The predicted octanol–water partition coefficient (Wildman–Crippen LogP) is 13.1. The van der Waals surface area contributed by atoms with Crippen molar-refractivity contribution in [3.8, 4) is 0 Å². The first-order chi connectivity index (χ1) is 34.0. The quantitative estimate of drug-likeness (QED) is 0.0222. The van der Waals surface area contributed by atoms with Crippen LogP contribution in [0.5, 0.6) is 0 Å². The zero-order valence-corrected chi connectivity index (χ0v) is 46.6. The summed E-state index contributed by atoms with van der Waals surface area (Å²) in [5.41, 5.74) is 0. The average molecular weight is 1060 g/mol. The lowest BCUT2D eigenvalue weighted by atomic mass is 10.0. The van der Waals surface area contributed by atoms with E-state index in [0.717, 1.165) is 109 Å². The number of phosphoric ester groups is 2. The molecule has 0 saturated heterocycles. The van der Waals surface area contributed by atoms with Crippen LogP contribution in [0.4, 0.5) is 0 Å². The van der Waals surface area contributed by atoms with Gasteiger partial charge in [-0.15, -0.1) is 0 Å². The highest BCUT2D eigenvalue weighted by Gasteiger charge is 2.30. The van der Waals surface area contributed by atoms with Crippen LogP contribution in [0.25, 0.3) is 0 Å². The Hall–Kier alpha value is -1.94. The van der Waals surface area contributed by atoms with Gasteiger partial charge in [0.1, 0.15) is 19.3 Å². The van der Waals surface area contributed by atoms with Gasteiger partial charge in [0.2, 0.25) is 0 Å². The minimum absolute atomic E-state index is 0.102. The molecule has 0 saturated carbocycles. The number of aliphatic hydroxyl groups excluding tert-OH is 1. The van der Waals surface area contributed by atoms with E-state index < -0.39 is 97.5 Å². The van der Waals surface area contributed by atoms with Gasteiger partial charge in [-0.2, -0.15) is 0 Å². The molecule has 0 radical (unpaired) electrons. The van der Waals surface area contributed by atoms with E-state index >= 15 is 0 Å². The Morgan fingerprint density at radius 2 is 0.648 bits per heavy atom. The average Bonchev–Trinajstić information content (AvgIpc) is 3.32. The molecule has 0 aliphatic rings. The topological polar surface area (TPSA) is 237 Å². The fraction of sp³-hybridized carbons (Fsp3) is 0.923. The third-order valence-electron chi connectivity index (χ3n) is 11.8. The van der Waals surface area contributed by atoms with Crippen molar-refractivity contribution < 1.29 is 80.2 Å². The fourth-order valence-corrected chi connectivity index (χ4v) is 9.04. The molecule has 0 aromatic rings. The number of ether oxygens (including phenoxy) is 4. The number of hydrogen-bond donors (Lipinski definition) is 3. The first-order valence-electron chi connectivity index (χ1n) is 27.6. The minimum Gasteiger partial charge on any atom is -0.462 e.